The molecule has 1 N–H and O–H groups in total. The average Bonchev–Trinajstić information content (AvgIpc) is 3.35. The molecule has 0 radical (unpaired) electrons. The van der Waals surface area contributed by atoms with Crippen LogP contribution in [-0.2, 0) is 4.74 Å². The van der Waals surface area contributed by atoms with E-state index in [0.717, 1.165) is 12.8 Å². The van der Waals surface area contributed by atoms with Crippen LogP contribution in [0.2, 0.25) is 5.02 Å². The van der Waals surface area contributed by atoms with Crippen LogP contribution in [0.4, 0.5) is 0 Å². The van der Waals surface area contributed by atoms with Crippen molar-refractivity contribution in [1.29, 1.82) is 0 Å². The van der Waals surface area contributed by atoms with Gasteiger partial charge in [-0.3, -0.25) is 14.2 Å². The summed E-state index contributed by atoms with van der Waals surface area (Å²) in [5, 5.41) is 4.45. The zero-order valence-corrected chi connectivity index (χ0v) is 17.1. The van der Waals surface area contributed by atoms with Gasteiger partial charge in [0.1, 0.15) is 6.33 Å². The summed E-state index contributed by atoms with van der Waals surface area (Å²) < 4.78 is 7.18. The van der Waals surface area contributed by atoms with E-state index in [2.05, 4.69) is 15.5 Å². The maximum absolute atomic E-state index is 13.2. The first kappa shape index (κ1) is 19.4. The van der Waals surface area contributed by atoms with Crippen LogP contribution in [0.25, 0.3) is 5.69 Å². The molecular formula is C20H22ClN5O3. The number of rotatable bonds is 4. The Balaban J connectivity index is 1.79. The van der Waals surface area contributed by atoms with E-state index in [1.165, 1.54) is 0 Å². The van der Waals surface area contributed by atoms with Gasteiger partial charge in [-0.05, 0) is 31.9 Å². The Morgan fingerprint density at radius 2 is 2.24 bits per heavy atom. The number of nitrogens with zero attached hydrogens (tertiary/aromatic N) is 4. The molecule has 1 atom stereocenters. The maximum Gasteiger partial charge on any atom is 0.292 e. The van der Waals surface area contributed by atoms with E-state index in [0.29, 0.717) is 47.4 Å². The molecule has 1 fully saturated rings. The molecule has 2 amide bonds. The standard InChI is InChI=1S/C20H22ClN5O3/c1-3-15(29-4-2)23-24-19(27)17-18-14-9-6-10-25(14)20(28)16-12(21)7-5-8-13(16)26(18)11-22-17/h5,7-8,11,14H,3-4,6,9-10H2,1-2H3,(H,24,27)/b23-15-/t14-/m0/s1. The van der Waals surface area contributed by atoms with Crippen LogP contribution in [0.5, 0.6) is 0 Å². The summed E-state index contributed by atoms with van der Waals surface area (Å²) in [6.45, 7) is 4.84. The van der Waals surface area contributed by atoms with Crippen LogP contribution < -0.4 is 5.43 Å². The minimum absolute atomic E-state index is 0.120. The summed E-state index contributed by atoms with van der Waals surface area (Å²) in [6, 6.07) is 5.06. The van der Waals surface area contributed by atoms with Crippen LogP contribution in [0.3, 0.4) is 0 Å². The Morgan fingerprint density at radius 3 is 3.00 bits per heavy atom. The van der Waals surface area contributed by atoms with Crippen molar-refractivity contribution in [3.63, 3.8) is 0 Å². The molecule has 4 rings (SSSR count). The largest absolute Gasteiger partial charge is 0.480 e. The summed E-state index contributed by atoms with van der Waals surface area (Å²) in [5.41, 5.74) is 4.53. The minimum Gasteiger partial charge on any atom is -0.480 e. The maximum atomic E-state index is 13.2. The van der Waals surface area contributed by atoms with Crippen molar-refractivity contribution in [2.45, 2.75) is 39.2 Å². The molecule has 2 aliphatic heterocycles. The van der Waals surface area contributed by atoms with E-state index >= 15 is 0 Å². The summed E-state index contributed by atoms with van der Waals surface area (Å²) in [7, 11) is 0. The molecule has 152 valence electrons. The average molecular weight is 416 g/mol. The van der Waals surface area contributed by atoms with Crippen LogP contribution in [0, 0.1) is 0 Å². The Hall–Kier alpha value is -2.87. The van der Waals surface area contributed by atoms with Crippen LogP contribution >= 0.6 is 11.6 Å². The van der Waals surface area contributed by atoms with Gasteiger partial charge in [-0.1, -0.05) is 24.6 Å². The first-order valence-electron chi connectivity index (χ1n) is 9.73. The quantitative estimate of drug-likeness (QED) is 0.471. The number of carbonyl (C=O) groups is 2. The number of halogens is 1. The smallest absolute Gasteiger partial charge is 0.292 e. The third-order valence-corrected chi connectivity index (χ3v) is 5.52. The summed E-state index contributed by atoms with van der Waals surface area (Å²) in [6.07, 6.45) is 3.74. The van der Waals surface area contributed by atoms with Gasteiger partial charge in [0.15, 0.2) is 5.69 Å². The number of amides is 2. The number of hydrogen-bond acceptors (Lipinski definition) is 5. The predicted octanol–water partition coefficient (Wildman–Crippen LogP) is 3.31. The van der Waals surface area contributed by atoms with E-state index in [1.807, 2.05) is 19.9 Å². The van der Waals surface area contributed by atoms with Crippen LogP contribution in [0.1, 0.15) is 65.7 Å². The number of benzene rings is 1. The molecule has 0 unspecified atom stereocenters. The molecular weight excluding hydrogens is 394 g/mol. The summed E-state index contributed by atoms with van der Waals surface area (Å²) in [4.78, 5) is 32.2. The van der Waals surface area contributed by atoms with E-state index in [1.54, 1.807) is 27.9 Å². The molecule has 0 saturated carbocycles. The molecule has 29 heavy (non-hydrogen) atoms. The number of nitrogens with one attached hydrogen (secondary N) is 1. The van der Waals surface area contributed by atoms with E-state index < -0.39 is 5.91 Å². The number of imidazole rings is 1. The second-order valence-electron chi connectivity index (χ2n) is 6.87. The minimum atomic E-state index is -0.436. The zero-order chi connectivity index (χ0) is 20.5. The fourth-order valence-corrected chi connectivity index (χ4v) is 4.20. The normalized spacial score (nSPS) is 18.0. The molecule has 1 aromatic carbocycles. The Kier molecular flexibility index (Phi) is 5.27. The second kappa shape index (κ2) is 7.87. The fourth-order valence-electron chi connectivity index (χ4n) is 3.95. The van der Waals surface area contributed by atoms with Gasteiger partial charge in [-0.15, -0.1) is 5.10 Å². The molecule has 1 saturated heterocycles. The fraction of sp³-hybridized carbons (Fsp3) is 0.400. The molecule has 0 bridgehead atoms. The van der Waals surface area contributed by atoms with Crippen molar-refractivity contribution in [2.24, 2.45) is 5.10 Å². The molecule has 8 nitrogen and oxygen atoms in total. The predicted molar refractivity (Wildman–Crippen MR) is 108 cm³/mol. The molecule has 0 spiro atoms. The highest BCUT2D eigenvalue weighted by Gasteiger charge is 2.40. The van der Waals surface area contributed by atoms with Crippen molar-refractivity contribution < 1.29 is 14.3 Å². The number of ether oxygens (including phenoxy) is 1. The number of carbonyl (C=O) groups excluding carboxylic acids is 2. The lowest BCUT2D eigenvalue weighted by Gasteiger charge is -2.23. The van der Waals surface area contributed by atoms with E-state index in [9.17, 15) is 9.59 Å². The van der Waals surface area contributed by atoms with Crippen molar-refractivity contribution >= 4 is 29.3 Å². The van der Waals surface area contributed by atoms with Crippen molar-refractivity contribution in [1.82, 2.24) is 19.9 Å². The van der Waals surface area contributed by atoms with Crippen LogP contribution in [0.15, 0.2) is 29.6 Å². The lowest BCUT2D eigenvalue weighted by atomic mass is 10.1. The van der Waals surface area contributed by atoms with Gasteiger partial charge < -0.3 is 9.64 Å². The van der Waals surface area contributed by atoms with Gasteiger partial charge in [-0.2, -0.15) is 0 Å². The molecule has 2 aliphatic rings. The number of fused-ring (bicyclic) bond motifs is 5. The third kappa shape index (κ3) is 3.27. The lowest BCUT2D eigenvalue weighted by molar-refractivity contribution is 0.0735. The monoisotopic (exact) mass is 415 g/mol. The van der Waals surface area contributed by atoms with Gasteiger partial charge in [0.2, 0.25) is 5.90 Å². The Morgan fingerprint density at radius 1 is 1.41 bits per heavy atom. The van der Waals surface area contributed by atoms with Crippen molar-refractivity contribution in [3.8, 4) is 5.69 Å². The van der Waals surface area contributed by atoms with Gasteiger partial charge >= 0.3 is 0 Å². The third-order valence-electron chi connectivity index (χ3n) is 5.21. The summed E-state index contributed by atoms with van der Waals surface area (Å²) >= 11 is 6.37. The zero-order valence-electron chi connectivity index (χ0n) is 16.3. The van der Waals surface area contributed by atoms with Gasteiger partial charge in [0, 0.05) is 13.0 Å². The number of hydrazone groups is 1. The van der Waals surface area contributed by atoms with Gasteiger partial charge in [0.05, 0.1) is 34.6 Å². The molecule has 2 aromatic rings. The first-order chi connectivity index (χ1) is 14.1. The van der Waals surface area contributed by atoms with Crippen LogP contribution in [-0.4, -0.2) is 45.3 Å². The highest BCUT2D eigenvalue weighted by molar-refractivity contribution is 6.34. The molecule has 1 aromatic heterocycles. The topological polar surface area (TPSA) is 88.8 Å². The van der Waals surface area contributed by atoms with E-state index in [4.69, 9.17) is 16.3 Å². The highest BCUT2D eigenvalue weighted by Crippen LogP contribution is 2.41. The van der Waals surface area contributed by atoms with E-state index in [-0.39, 0.29) is 17.6 Å². The van der Waals surface area contributed by atoms with Crippen molar-refractivity contribution in [2.75, 3.05) is 13.2 Å². The second-order valence-corrected chi connectivity index (χ2v) is 7.28. The van der Waals surface area contributed by atoms with Gasteiger partial charge in [-0.25, -0.2) is 10.4 Å². The number of hydrogen-bond donors (Lipinski definition) is 1. The first-order valence-corrected chi connectivity index (χ1v) is 10.1. The Labute approximate surface area is 173 Å². The highest BCUT2D eigenvalue weighted by atomic mass is 35.5. The lowest BCUT2D eigenvalue weighted by Crippen LogP contribution is -2.31. The SMILES string of the molecule is CCO/C(CC)=N\NC(=O)c1ncn2c1[C@@H]1CCCN1C(=O)c1c(Cl)cccc1-2. The van der Waals surface area contributed by atoms with Gasteiger partial charge in [0.25, 0.3) is 11.8 Å². The number of aromatic nitrogens is 2. The molecule has 9 heteroatoms. The molecule has 3 heterocycles. The Bertz CT molecular complexity index is 1000. The van der Waals surface area contributed by atoms with Crippen molar-refractivity contribution in [3.05, 3.63) is 46.5 Å². The summed E-state index contributed by atoms with van der Waals surface area (Å²) in [5.74, 6) is -0.110. The molecule has 0 aliphatic carbocycles.